The largest absolute Gasteiger partial charge is 0.480 e. The molecule has 2 N–H and O–H groups in total. The number of aliphatic carboxylic acids is 1. The summed E-state index contributed by atoms with van der Waals surface area (Å²) in [5.74, 6) is -0.184. The second-order valence-electron chi connectivity index (χ2n) is 3.54. The Bertz CT molecular complexity index is 148. The van der Waals surface area contributed by atoms with Crippen LogP contribution in [0.1, 0.15) is 26.7 Å². The third kappa shape index (κ3) is 2.19. The molecule has 0 unspecified atom stereocenters. The molecule has 0 saturated carbocycles. The summed E-state index contributed by atoms with van der Waals surface area (Å²) in [5.41, 5.74) is 0. The van der Waals surface area contributed by atoms with E-state index in [1.165, 1.54) is 0 Å². The van der Waals surface area contributed by atoms with E-state index in [9.17, 15) is 4.79 Å². The van der Waals surface area contributed by atoms with Crippen LogP contribution in [0.5, 0.6) is 0 Å². The van der Waals surface area contributed by atoms with Gasteiger partial charge in [0.05, 0.1) is 0 Å². The first-order valence-corrected chi connectivity index (χ1v) is 4.08. The molecule has 0 aromatic heterocycles. The van der Waals surface area contributed by atoms with Crippen LogP contribution in [-0.2, 0) is 4.79 Å². The molecule has 11 heavy (non-hydrogen) atoms. The van der Waals surface area contributed by atoms with Gasteiger partial charge in [0.25, 0.3) is 0 Å². The van der Waals surface area contributed by atoms with E-state index in [2.05, 4.69) is 12.2 Å². The van der Waals surface area contributed by atoms with Crippen LogP contribution in [0.2, 0.25) is 0 Å². The Morgan fingerprint density at radius 1 is 1.45 bits per heavy atom. The highest BCUT2D eigenvalue weighted by molar-refractivity contribution is 5.73. The van der Waals surface area contributed by atoms with E-state index in [0.717, 1.165) is 12.8 Å². The van der Waals surface area contributed by atoms with Crippen molar-refractivity contribution in [3.63, 3.8) is 0 Å². The Labute approximate surface area is 66.8 Å². The van der Waals surface area contributed by atoms with Gasteiger partial charge in [-0.05, 0) is 25.7 Å². The standard InChI is InChI=1S/C8H15NO2/c1-5-3-6(2)9-7(4-5)8(10)11/h5-7,9H,3-4H2,1-2H3,(H,10,11)/t5-,6+,7+/m1/s1. The van der Waals surface area contributed by atoms with Gasteiger partial charge in [-0.25, -0.2) is 0 Å². The van der Waals surface area contributed by atoms with Gasteiger partial charge in [-0.15, -0.1) is 0 Å². The van der Waals surface area contributed by atoms with Gasteiger partial charge in [0.1, 0.15) is 6.04 Å². The summed E-state index contributed by atoms with van der Waals surface area (Å²) in [4.78, 5) is 10.6. The summed E-state index contributed by atoms with van der Waals surface area (Å²) < 4.78 is 0. The van der Waals surface area contributed by atoms with Gasteiger partial charge < -0.3 is 10.4 Å². The minimum absolute atomic E-state index is 0.325. The maximum Gasteiger partial charge on any atom is 0.320 e. The number of piperidine rings is 1. The van der Waals surface area contributed by atoms with Crippen molar-refractivity contribution >= 4 is 5.97 Å². The summed E-state index contributed by atoms with van der Waals surface area (Å²) in [7, 11) is 0. The average molecular weight is 157 g/mol. The number of carboxylic acid groups (broad SMARTS) is 1. The molecule has 1 aliphatic rings. The Hall–Kier alpha value is -0.570. The Balaban J connectivity index is 2.49. The van der Waals surface area contributed by atoms with Crippen LogP contribution in [-0.4, -0.2) is 23.2 Å². The Morgan fingerprint density at radius 3 is 2.55 bits per heavy atom. The molecule has 1 heterocycles. The van der Waals surface area contributed by atoms with Crippen molar-refractivity contribution in [3.8, 4) is 0 Å². The van der Waals surface area contributed by atoms with E-state index in [-0.39, 0.29) is 6.04 Å². The van der Waals surface area contributed by atoms with Gasteiger partial charge in [-0.1, -0.05) is 6.92 Å². The Morgan fingerprint density at radius 2 is 2.09 bits per heavy atom. The van der Waals surface area contributed by atoms with Crippen LogP contribution in [0.25, 0.3) is 0 Å². The van der Waals surface area contributed by atoms with Crippen LogP contribution in [0.15, 0.2) is 0 Å². The number of rotatable bonds is 1. The predicted octanol–water partition coefficient (Wildman–Crippen LogP) is 0.848. The van der Waals surface area contributed by atoms with Crippen molar-refractivity contribution in [2.75, 3.05) is 0 Å². The van der Waals surface area contributed by atoms with Crippen LogP contribution in [0, 0.1) is 5.92 Å². The first-order valence-electron chi connectivity index (χ1n) is 4.08. The zero-order chi connectivity index (χ0) is 8.43. The lowest BCUT2D eigenvalue weighted by Gasteiger charge is -2.30. The first-order chi connectivity index (χ1) is 5.09. The number of hydrogen-bond acceptors (Lipinski definition) is 2. The van der Waals surface area contributed by atoms with Gasteiger partial charge in [-0.3, -0.25) is 4.79 Å². The lowest BCUT2D eigenvalue weighted by molar-refractivity contribution is -0.140. The molecule has 0 amide bonds. The number of carbonyl (C=O) groups is 1. The van der Waals surface area contributed by atoms with Crippen LogP contribution in [0.4, 0.5) is 0 Å². The van der Waals surface area contributed by atoms with Crippen molar-refractivity contribution in [1.82, 2.24) is 5.32 Å². The molecule has 3 nitrogen and oxygen atoms in total. The normalized spacial score (nSPS) is 38.5. The molecule has 1 aliphatic heterocycles. The monoisotopic (exact) mass is 157 g/mol. The molecular weight excluding hydrogens is 142 g/mol. The van der Waals surface area contributed by atoms with Crippen molar-refractivity contribution < 1.29 is 9.90 Å². The zero-order valence-corrected chi connectivity index (χ0v) is 7.00. The summed E-state index contributed by atoms with van der Waals surface area (Å²) in [6, 6.07) is 0.0219. The van der Waals surface area contributed by atoms with Crippen LogP contribution >= 0.6 is 0 Å². The third-order valence-corrected chi connectivity index (χ3v) is 2.18. The highest BCUT2D eigenvalue weighted by atomic mass is 16.4. The molecule has 1 fully saturated rings. The smallest absolute Gasteiger partial charge is 0.320 e. The minimum Gasteiger partial charge on any atom is -0.480 e. The lowest BCUT2D eigenvalue weighted by Crippen LogP contribution is -2.47. The number of nitrogens with one attached hydrogen (secondary N) is 1. The van der Waals surface area contributed by atoms with E-state index in [1.54, 1.807) is 0 Å². The average Bonchev–Trinajstić information content (AvgIpc) is 1.85. The molecular formula is C8H15NO2. The van der Waals surface area contributed by atoms with Gasteiger partial charge in [-0.2, -0.15) is 0 Å². The number of hydrogen-bond donors (Lipinski definition) is 2. The second kappa shape index (κ2) is 3.22. The highest BCUT2D eigenvalue weighted by Crippen LogP contribution is 2.19. The van der Waals surface area contributed by atoms with Crippen molar-refractivity contribution in [2.45, 2.75) is 38.8 Å². The molecule has 0 aliphatic carbocycles. The summed E-state index contributed by atoms with van der Waals surface area (Å²) in [5, 5.41) is 11.8. The second-order valence-corrected chi connectivity index (χ2v) is 3.54. The van der Waals surface area contributed by atoms with Crippen LogP contribution in [0.3, 0.4) is 0 Å². The summed E-state index contributed by atoms with van der Waals surface area (Å²) >= 11 is 0. The minimum atomic E-state index is -0.719. The van der Waals surface area contributed by atoms with Gasteiger partial charge in [0.2, 0.25) is 0 Å². The summed E-state index contributed by atoms with van der Waals surface area (Å²) in [6.45, 7) is 4.14. The van der Waals surface area contributed by atoms with E-state index in [0.29, 0.717) is 12.0 Å². The number of carboxylic acids is 1. The molecule has 0 bridgehead atoms. The van der Waals surface area contributed by atoms with E-state index >= 15 is 0 Å². The SMILES string of the molecule is C[C@H]1C[C@@H](C(=O)O)N[C@@H](C)C1. The molecule has 3 atom stereocenters. The highest BCUT2D eigenvalue weighted by Gasteiger charge is 2.27. The van der Waals surface area contributed by atoms with E-state index in [1.807, 2.05) is 6.92 Å². The maximum absolute atomic E-state index is 10.6. The fourth-order valence-corrected chi connectivity index (χ4v) is 1.75. The molecule has 1 saturated heterocycles. The van der Waals surface area contributed by atoms with Crippen molar-refractivity contribution in [3.05, 3.63) is 0 Å². The van der Waals surface area contributed by atoms with Gasteiger partial charge in [0.15, 0.2) is 0 Å². The Kier molecular flexibility index (Phi) is 2.49. The summed E-state index contributed by atoms with van der Waals surface area (Å²) in [6.07, 6.45) is 1.85. The maximum atomic E-state index is 10.6. The van der Waals surface area contributed by atoms with Gasteiger partial charge >= 0.3 is 5.97 Å². The zero-order valence-electron chi connectivity index (χ0n) is 7.00. The molecule has 3 heteroatoms. The molecule has 0 aromatic carbocycles. The molecule has 0 aromatic rings. The molecule has 64 valence electrons. The first kappa shape index (κ1) is 8.53. The molecule has 0 radical (unpaired) electrons. The fraction of sp³-hybridized carbons (Fsp3) is 0.875. The predicted molar refractivity (Wildman–Crippen MR) is 42.4 cm³/mol. The van der Waals surface area contributed by atoms with E-state index < -0.39 is 5.97 Å². The lowest BCUT2D eigenvalue weighted by atomic mass is 9.90. The van der Waals surface area contributed by atoms with Crippen molar-refractivity contribution in [2.24, 2.45) is 5.92 Å². The van der Waals surface area contributed by atoms with Gasteiger partial charge in [0, 0.05) is 6.04 Å². The van der Waals surface area contributed by atoms with E-state index in [4.69, 9.17) is 5.11 Å². The van der Waals surface area contributed by atoms with Crippen LogP contribution < -0.4 is 5.32 Å². The third-order valence-electron chi connectivity index (χ3n) is 2.18. The van der Waals surface area contributed by atoms with Crippen molar-refractivity contribution in [1.29, 1.82) is 0 Å². The fourth-order valence-electron chi connectivity index (χ4n) is 1.75. The quantitative estimate of drug-likeness (QED) is 0.593. The topological polar surface area (TPSA) is 49.3 Å². The molecule has 0 spiro atoms. The molecule has 1 rings (SSSR count).